The lowest BCUT2D eigenvalue weighted by atomic mass is 9.98. The minimum absolute atomic E-state index is 0.0123. The topological polar surface area (TPSA) is 116 Å². The molecule has 1 aromatic carbocycles. The van der Waals surface area contributed by atoms with Gasteiger partial charge in [-0.3, -0.25) is 19.3 Å². The summed E-state index contributed by atoms with van der Waals surface area (Å²) in [4.78, 5) is 41.5. The quantitative estimate of drug-likeness (QED) is 0.583. The van der Waals surface area contributed by atoms with E-state index in [9.17, 15) is 22.8 Å². The van der Waals surface area contributed by atoms with Crippen LogP contribution in [0.2, 0.25) is 0 Å². The molecular formula is C22H30N4O6S. The van der Waals surface area contributed by atoms with Gasteiger partial charge in [-0.1, -0.05) is 12.1 Å². The highest BCUT2D eigenvalue weighted by molar-refractivity contribution is 7.89. The molecule has 3 heterocycles. The van der Waals surface area contributed by atoms with Gasteiger partial charge in [0.2, 0.25) is 21.8 Å². The van der Waals surface area contributed by atoms with Crippen molar-refractivity contribution in [3.63, 3.8) is 0 Å². The second-order valence-electron chi connectivity index (χ2n) is 8.70. The molecule has 1 aromatic rings. The van der Waals surface area contributed by atoms with E-state index in [1.165, 1.54) is 4.31 Å². The highest BCUT2D eigenvalue weighted by Gasteiger charge is 2.52. The van der Waals surface area contributed by atoms with Crippen LogP contribution < -0.4 is 10.2 Å². The van der Waals surface area contributed by atoms with E-state index in [1.807, 2.05) is 13.0 Å². The summed E-state index contributed by atoms with van der Waals surface area (Å²) < 4.78 is 31.2. The first-order valence-corrected chi connectivity index (χ1v) is 12.9. The van der Waals surface area contributed by atoms with Crippen LogP contribution in [0.4, 0.5) is 5.69 Å². The van der Waals surface area contributed by atoms with Gasteiger partial charge in [0.15, 0.2) is 0 Å². The Balaban J connectivity index is 1.30. The molecule has 10 nitrogen and oxygen atoms in total. The third-order valence-electron chi connectivity index (χ3n) is 6.58. The average Bonchev–Trinajstić information content (AvgIpc) is 3.11. The van der Waals surface area contributed by atoms with Crippen LogP contribution >= 0.6 is 0 Å². The zero-order valence-electron chi connectivity index (χ0n) is 18.8. The molecule has 4 rings (SSSR count). The lowest BCUT2D eigenvalue weighted by Gasteiger charge is -2.48. The lowest BCUT2D eigenvalue weighted by Crippen LogP contribution is -2.62. The molecule has 3 amide bonds. The minimum atomic E-state index is -3.43. The molecule has 11 heteroatoms. The van der Waals surface area contributed by atoms with Gasteiger partial charge in [0.05, 0.1) is 30.2 Å². The van der Waals surface area contributed by atoms with Crippen LogP contribution in [0.15, 0.2) is 24.3 Å². The summed E-state index contributed by atoms with van der Waals surface area (Å²) >= 11 is 0. The molecule has 2 saturated heterocycles. The Morgan fingerprint density at radius 3 is 2.67 bits per heavy atom. The smallest absolute Gasteiger partial charge is 0.257 e. The number of ether oxygens (including phenoxy) is 1. The molecule has 1 unspecified atom stereocenters. The third kappa shape index (κ3) is 4.62. The van der Waals surface area contributed by atoms with Crippen LogP contribution in [-0.4, -0.2) is 86.2 Å². The lowest BCUT2D eigenvalue weighted by molar-refractivity contribution is -0.121. The summed E-state index contributed by atoms with van der Waals surface area (Å²) in [5.74, 6) is -0.575. The maximum absolute atomic E-state index is 13.2. The van der Waals surface area contributed by atoms with Crippen molar-refractivity contribution in [3.8, 4) is 0 Å². The second-order valence-corrected chi connectivity index (χ2v) is 10.8. The van der Waals surface area contributed by atoms with Crippen LogP contribution in [0.3, 0.4) is 0 Å². The van der Waals surface area contributed by atoms with Gasteiger partial charge in [0.1, 0.15) is 5.66 Å². The van der Waals surface area contributed by atoms with Crippen molar-refractivity contribution in [1.29, 1.82) is 0 Å². The summed E-state index contributed by atoms with van der Waals surface area (Å²) in [6.45, 7) is 3.69. The first-order valence-electron chi connectivity index (χ1n) is 11.3. The number of morpholine rings is 1. The number of amides is 3. The average molecular weight is 479 g/mol. The number of anilines is 1. The van der Waals surface area contributed by atoms with Gasteiger partial charge >= 0.3 is 0 Å². The Bertz CT molecular complexity index is 1040. The summed E-state index contributed by atoms with van der Waals surface area (Å²) in [5, 5.41) is 2.66. The fourth-order valence-corrected chi connectivity index (χ4v) is 6.12. The first-order chi connectivity index (χ1) is 15.7. The Hall–Kier alpha value is -2.50. The Labute approximate surface area is 193 Å². The summed E-state index contributed by atoms with van der Waals surface area (Å²) in [6.07, 6.45) is 1.48. The highest BCUT2D eigenvalue weighted by atomic mass is 32.2. The standard InChI is InChI=1S/C22H30N4O6S/c1-22-9-8-20(28)26(22)18-6-3-2-5-17(18)21(29)25(22)11-4-7-19(27)23-10-16-33(30,31)24-12-14-32-15-13-24/h2-3,5-6H,4,7-16H2,1H3,(H,23,27). The monoisotopic (exact) mass is 478 g/mol. The van der Waals surface area contributed by atoms with E-state index in [-0.39, 0.29) is 36.4 Å². The van der Waals surface area contributed by atoms with Crippen LogP contribution in [0, 0.1) is 0 Å². The summed E-state index contributed by atoms with van der Waals surface area (Å²) in [7, 11) is -3.43. The Morgan fingerprint density at radius 2 is 1.91 bits per heavy atom. The number of carbonyl (C=O) groups is 3. The number of nitrogens with zero attached hydrogens (tertiary/aromatic N) is 3. The molecule has 180 valence electrons. The first kappa shape index (κ1) is 23.7. The van der Waals surface area contributed by atoms with Gasteiger partial charge in [0, 0.05) is 39.0 Å². The maximum Gasteiger partial charge on any atom is 0.257 e. The predicted octanol–water partition coefficient (Wildman–Crippen LogP) is 0.544. The van der Waals surface area contributed by atoms with Gasteiger partial charge < -0.3 is 15.0 Å². The van der Waals surface area contributed by atoms with Crippen molar-refractivity contribution < 1.29 is 27.5 Å². The number of carbonyl (C=O) groups excluding carboxylic acids is 3. The van der Waals surface area contributed by atoms with Crippen molar-refractivity contribution in [2.45, 2.75) is 38.3 Å². The molecule has 1 atom stereocenters. The van der Waals surface area contributed by atoms with Crippen molar-refractivity contribution in [2.24, 2.45) is 0 Å². The number of rotatable bonds is 8. The third-order valence-corrected chi connectivity index (χ3v) is 8.45. The number of fused-ring (bicyclic) bond motifs is 3. The molecular weight excluding hydrogens is 448 g/mol. The van der Waals surface area contributed by atoms with Gasteiger partial charge in [-0.05, 0) is 31.9 Å². The normalized spacial score (nSPS) is 23.4. The van der Waals surface area contributed by atoms with Gasteiger partial charge in [-0.15, -0.1) is 0 Å². The van der Waals surface area contributed by atoms with Crippen LogP contribution in [0.25, 0.3) is 0 Å². The molecule has 3 aliphatic heterocycles. The zero-order valence-corrected chi connectivity index (χ0v) is 19.6. The number of hydrogen-bond acceptors (Lipinski definition) is 6. The van der Waals surface area contributed by atoms with Crippen molar-refractivity contribution >= 4 is 33.4 Å². The van der Waals surface area contributed by atoms with E-state index in [0.29, 0.717) is 63.4 Å². The van der Waals surface area contributed by atoms with E-state index in [2.05, 4.69) is 5.32 Å². The van der Waals surface area contributed by atoms with E-state index in [1.54, 1.807) is 28.0 Å². The van der Waals surface area contributed by atoms with E-state index < -0.39 is 15.7 Å². The molecule has 2 fully saturated rings. The Kier molecular flexibility index (Phi) is 6.73. The van der Waals surface area contributed by atoms with Gasteiger partial charge in [-0.25, -0.2) is 8.42 Å². The molecule has 33 heavy (non-hydrogen) atoms. The van der Waals surface area contributed by atoms with E-state index in [4.69, 9.17) is 4.74 Å². The molecule has 3 aliphatic rings. The highest BCUT2D eigenvalue weighted by Crippen LogP contribution is 2.43. The van der Waals surface area contributed by atoms with Crippen molar-refractivity contribution in [2.75, 3.05) is 50.0 Å². The molecule has 0 radical (unpaired) electrons. The van der Waals surface area contributed by atoms with Gasteiger partial charge in [-0.2, -0.15) is 4.31 Å². The fraction of sp³-hybridized carbons (Fsp3) is 0.591. The van der Waals surface area contributed by atoms with Crippen molar-refractivity contribution in [1.82, 2.24) is 14.5 Å². The number of sulfonamides is 1. The van der Waals surface area contributed by atoms with Crippen molar-refractivity contribution in [3.05, 3.63) is 29.8 Å². The molecule has 0 aliphatic carbocycles. The second kappa shape index (κ2) is 9.40. The van der Waals surface area contributed by atoms with E-state index >= 15 is 0 Å². The summed E-state index contributed by atoms with van der Waals surface area (Å²) in [5.41, 5.74) is 0.386. The molecule has 0 saturated carbocycles. The Morgan fingerprint density at radius 1 is 1.18 bits per heavy atom. The number of para-hydroxylation sites is 1. The van der Waals surface area contributed by atoms with E-state index in [0.717, 1.165) is 0 Å². The fourth-order valence-electron chi connectivity index (χ4n) is 4.80. The number of nitrogens with one attached hydrogen (secondary N) is 1. The zero-order chi connectivity index (χ0) is 23.6. The molecule has 0 aromatic heterocycles. The summed E-state index contributed by atoms with van der Waals surface area (Å²) in [6, 6.07) is 7.11. The van der Waals surface area contributed by atoms with Crippen LogP contribution in [-0.2, 0) is 24.3 Å². The van der Waals surface area contributed by atoms with Crippen LogP contribution in [0.5, 0.6) is 0 Å². The van der Waals surface area contributed by atoms with Gasteiger partial charge in [0.25, 0.3) is 5.91 Å². The van der Waals surface area contributed by atoms with Crippen LogP contribution in [0.1, 0.15) is 43.0 Å². The maximum atomic E-state index is 13.2. The SMILES string of the molecule is CC12CCC(=O)N1c1ccccc1C(=O)N2CCCC(=O)NCCS(=O)(=O)N1CCOCC1. The molecule has 0 spiro atoms. The predicted molar refractivity (Wildman–Crippen MR) is 121 cm³/mol. The molecule has 1 N–H and O–H groups in total. The minimum Gasteiger partial charge on any atom is -0.379 e. The number of hydrogen-bond donors (Lipinski definition) is 1. The number of benzene rings is 1. The molecule has 0 bridgehead atoms. The largest absolute Gasteiger partial charge is 0.379 e.